The fourth-order valence-electron chi connectivity index (χ4n) is 1.03. The van der Waals surface area contributed by atoms with E-state index in [1.54, 1.807) is 0 Å². The summed E-state index contributed by atoms with van der Waals surface area (Å²) in [5.41, 5.74) is 5.03. The van der Waals surface area contributed by atoms with E-state index in [1.807, 2.05) is 27.7 Å². The maximum Gasteiger partial charge on any atom is 0.0107 e. The number of rotatable bonds is 2. The number of hydrogen-bond donors (Lipinski definition) is 2. The summed E-state index contributed by atoms with van der Waals surface area (Å²) >= 11 is 0. The van der Waals surface area contributed by atoms with Crippen LogP contribution in [0.25, 0.3) is 0 Å². The Balaban J connectivity index is -0.000000181. The third-order valence-corrected chi connectivity index (χ3v) is 1.95. The van der Waals surface area contributed by atoms with Gasteiger partial charge in [0.2, 0.25) is 0 Å². The van der Waals surface area contributed by atoms with Crippen LogP contribution in [0.1, 0.15) is 48.0 Å². The molecule has 0 amide bonds. The summed E-state index contributed by atoms with van der Waals surface area (Å²) in [7, 11) is 0. The van der Waals surface area contributed by atoms with Gasteiger partial charge < -0.3 is 16.0 Å². The van der Waals surface area contributed by atoms with E-state index in [2.05, 4.69) is 24.1 Å². The second-order valence-corrected chi connectivity index (χ2v) is 2.97. The number of piperazine rings is 1. The monoisotopic (exact) mass is 233 g/mol. The molecule has 1 aliphatic rings. The minimum atomic E-state index is 0.819. The van der Waals surface area contributed by atoms with Crippen LogP contribution < -0.4 is 11.1 Å². The molecule has 0 atom stereocenters. The van der Waals surface area contributed by atoms with Gasteiger partial charge in [0.05, 0.1) is 0 Å². The first-order valence-electron chi connectivity index (χ1n) is 6.98. The standard InChI is InChI=1S/C6H14N2.C3H9N.2C2H6/c1-2-8-5-3-7-4-6-8;1-2-3-4;2*1-2/h7H,2-6H2,1H3;2-4H2,1H3;2*1-2H3. The molecule has 1 aliphatic heterocycles. The van der Waals surface area contributed by atoms with Crippen LogP contribution in [0.3, 0.4) is 0 Å². The largest absolute Gasteiger partial charge is 0.330 e. The van der Waals surface area contributed by atoms with Crippen LogP contribution in [0.2, 0.25) is 0 Å². The zero-order valence-electron chi connectivity index (χ0n) is 12.5. The van der Waals surface area contributed by atoms with Crippen molar-refractivity contribution in [1.82, 2.24) is 10.2 Å². The Bertz CT molecular complexity index is 79.2. The summed E-state index contributed by atoms with van der Waals surface area (Å²) in [6.07, 6.45) is 1.10. The van der Waals surface area contributed by atoms with Crippen molar-refractivity contribution >= 4 is 0 Å². The fraction of sp³-hybridized carbons (Fsp3) is 1.00. The lowest BCUT2D eigenvalue weighted by Gasteiger charge is -2.25. The van der Waals surface area contributed by atoms with Crippen molar-refractivity contribution in [3.8, 4) is 0 Å². The van der Waals surface area contributed by atoms with Gasteiger partial charge in [0, 0.05) is 26.2 Å². The van der Waals surface area contributed by atoms with Gasteiger partial charge in [0.25, 0.3) is 0 Å². The Morgan fingerprint density at radius 3 is 1.56 bits per heavy atom. The molecule has 3 heteroatoms. The zero-order valence-corrected chi connectivity index (χ0v) is 12.5. The molecule has 0 aromatic carbocycles. The summed E-state index contributed by atoms with van der Waals surface area (Å²) < 4.78 is 0. The van der Waals surface area contributed by atoms with E-state index in [9.17, 15) is 0 Å². The lowest BCUT2D eigenvalue weighted by Crippen LogP contribution is -2.43. The van der Waals surface area contributed by atoms with Gasteiger partial charge >= 0.3 is 0 Å². The van der Waals surface area contributed by atoms with Crippen LogP contribution in [0.4, 0.5) is 0 Å². The molecule has 0 aromatic rings. The van der Waals surface area contributed by atoms with Crippen LogP contribution >= 0.6 is 0 Å². The summed E-state index contributed by atoms with van der Waals surface area (Å²) in [5.74, 6) is 0. The summed E-state index contributed by atoms with van der Waals surface area (Å²) in [6, 6.07) is 0. The molecule has 0 bridgehead atoms. The first-order chi connectivity index (χ1) is 7.85. The Morgan fingerprint density at radius 2 is 1.38 bits per heavy atom. The van der Waals surface area contributed by atoms with Gasteiger partial charge in [-0.15, -0.1) is 0 Å². The van der Waals surface area contributed by atoms with Crippen molar-refractivity contribution in [2.75, 3.05) is 39.3 Å². The van der Waals surface area contributed by atoms with Crippen molar-refractivity contribution in [2.24, 2.45) is 5.73 Å². The lowest BCUT2D eigenvalue weighted by molar-refractivity contribution is 0.253. The van der Waals surface area contributed by atoms with Gasteiger partial charge in [-0.05, 0) is 19.5 Å². The van der Waals surface area contributed by atoms with Crippen LogP contribution in [-0.2, 0) is 0 Å². The molecule has 0 aromatic heterocycles. The molecule has 16 heavy (non-hydrogen) atoms. The molecule has 3 N–H and O–H groups in total. The lowest BCUT2D eigenvalue weighted by atomic mass is 10.4. The summed E-state index contributed by atoms with van der Waals surface area (Å²) in [5, 5.41) is 3.31. The topological polar surface area (TPSA) is 41.3 Å². The minimum Gasteiger partial charge on any atom is -0.330 e. The molecule has 1 saturated heterocycles. The van der Waals surface area contributed by atoms with Gasteiger partial charge in [0.15, 0.2) is 0 Å². The van der Waals surface area contributed by atoms with E-state index in [0.29, 0.717) is 0 Å². The SMILES string of the molecule is CC.CC.CCCN.CCN1CCNCC1. The van der Waals surface area contributed by atoms with Gasteiger partial charge in [-0.3, -0.25) is 0 Å². The quantitative estimate of drug-likeness (QED) is 0.769. The van der Waals surface area contributed by atoms with Crippen molar-refractivity contribution in [3.05, 3.63) is 0 Å². The van der Waals surface area contributed by atoms with Crippen LogP contribution in [0.15, 0.2) is 0 Å². The van der Waals surface area contributed by atoms with E-state index in [1.165, 1.54) is 32.7 Å². The highest BCUT2D eigenvalue weighted by Crippen LogP contribution is 1.88. The van der Waals surface area contributed by atoms with Gasteiger partial charge in [-0.25, -0.2) is 0 Å². The minimum absolute atomic E-state index is 0.819. The Hall–Kier alpha value is -0.120. The summed E-state index contributed by atoms with van der Waals surface area (Å²) in [6.45, 7) is 19.1. The number of nitrogens with two attached hydrogens (primary N) is 1. The highest BCUT2D eigenvalue weighted by atomic mass is 15.2. The zero-order chi connectivity index (χ0) is 13.2. The molecule has 0 radical (unpaired) electrons. The fourth-order valence-corrected chi connectivity index (χ4v) is 1.03. The first-order valence-corrected chi connectivity index (χ1v) is 6.98. The van der Waals surface area contributed by atoms with Crippen molar-refractivity contribution in [1.29, 1.82) is 0 Å². The molecule has 1 rings (SSSR count). The van der Waals surface area contributed by atoms with E-state index >= 15 is 0 Å². The number of likely N-dealkylation sites (N-methyl/N-ethyl adjacent to an activating group) is 1. The van der Waals surface area contributed by atoms with Crippen molar-refractivity contribution in [2.45, 2.75) is 48.0 Å². The molecular formula is C13H35N3. The van der Waals surface area contributed by atoms with E-state index in [4.69, 9.17) is 5.73 Å². The third kappa shape index (κ3) is 19.5. The van der Waals surface area contributed by atoms with Crippen LogP contribution in [0.5, 0.6) is 0 Å². The maximum atomic E-state index is 5.03. The molecular weight excluding hydrogens is 198 g/mol. The third-order valence-electron chi connectivity index (χ3n) is 1.95. The number of hydrogen-bond acceptors (Lipinski definition) is 3. The predicted molar refractivity (Wildman–Crippen MR) is 77.0 cm³/mol. The van der Waals surface area contributed by atoms with E-state index in [-0.39, 0.29) is 0 Å². The molecule has 0 unspecified atom stereocenters. The van der Waals surface area contributed by atoms with E-state index < -0.39 is 0 Å². The molecule has 0 saturated carbocycles. The van der Waals surface area contributed by atoms with Crippen LogP contribution in [0, 0.1) is 0 Å². The average Bonchev–Trinajstić information content (AvgIpc) is 2.44. The maximum absolute atomic E-state index is 5.03. The van der Waals surface area contributed by atoms with Gasteiger partial charge in [-0.2, -0.15) is 0 Å². The first kappa shape index (κ1) is 21.2. The highest BCUT2D eigenvalue weighted by Gasteiger charge is 2.04. The molecule has 102 valence electrons. The number of nitrogens with one attached hydrogen (secondary N) is 1. The number of nitrogens with zero attached hydrogens (tertiary/aromatic N) is 1. The molecule has 1 heterocycles. The Kier molecular flexibility index (Phi) is 32.1. The molecule has 3 nitrogen and oxygen atoms in total. The predicted octanol–water partition coefficient (Wildman–Crippen LogP) is 2.32. The van der Waals surface area contributed by atoms with Gasteiger partial charge in [0.1, 0.15) is 0 Å². The van der Waals surface area contributed by atoms with Gasteiger partial charge in [-0.1, -0.05) is 41.5 Å². The van der Waals surface area contributed by atoms with Crippen molar-refractivity contribution in [3.63, 3.8) is 0 Å². The highest BCUT2D eigenvalue weighted by molar-refractivity contribution is 4.64. The Morgan fingerprint density at radius 1 is 1.00 bits per heavy atom. The normalized spacial score (nSPS) is 14.4. The average molecular weight is 233 g/mol. The molecule has 0 aliphatic carbocycles. The summed E-state index contributed by atoms with van der Waals surface area (Å²) in [4.78, 5) is 2.45. The molecule has 1 fully saturated rings. The van der Waals surface area contributed by atoms with E-state index in [0.717, 1.165) is 13.0 Å². The second kappa shape index (κ2) is 24.2. The second-order valence-electron chi connectivity index (χ2n) is 2.97. The smallest absolute Gasteiger partial charge is 0.0107 e. The van der Waals surface area contributed by atoms with Crippen LogP contribution in [-0.4, -0.2) is 44.2 Å². The Labute approximate surface area is 104 Å². The molecule has 0 spiro atoms. The van der Waals surface area contributed by atoms with Crippen molar-refractivity contribution < 1.29 is 0 Å².